The molecule has 0 aromatic heterocycles. The summed E-state index contributed by atoms with van der Waals surface area (Å²) in [5, 5.41) is 3.48. The van der Waals surface area contributed by atoms with E-state index in [-0.39, 0.29) is 23.8 Å². The van der Waals surface area contributed by atoms with E-state index in [4.69, 9.17) is 4.74 Å². The van der Waals surface area contributed by atoms with Crippen LogP contribution >= 0.6 is 0 Å². The van der Waals surface area contributed by atoms with Gasteiger partial charge in [-0.2, -0.15) is 0 Å². The minimum Gasteiger partial charge on any atom is -0.497 e. The molecule has 2 atom stereocenters. The molecule has 3 heteroatoms. The van der Waals surface area contributed by atoms with Gasteiger partial charge in [0.15, 0.2) is 0 Å². The summed E-state index contributed by atoms with van der Waals surface area (Å²) in [6, 6.07) is 36.8. The van der Waals surface area contributed by atoms with E-state index in [9.17, 15) is 4.79 Å². The number of amides is 1. The molecule has 0 spiro atoms. The Morgan fingerprint density at radius 3 is 2.00 bits per heavy atom. The van der Waals surface area contributed by atoms with Crippen LogP contribution in [0, 0.1) is 0 Å². The number of fused-ring (bicyclic) bond motifs is 1. The summed E-state index contributed by atoms with van der Waals surface area (Å²) in [6.07, 6.45) is 1.98. The molecule has 0 bridgehead atoms. The zero-order valence-corrected chi connectivity index (χ0v) is 19.4. The van der Waals surface area contributed by atoms with Crippen LogP contribution in [-0.2, 0) is 11.2 Å². The lowest BCUT2D eigenvalue weighted by atomic mass is 9.76. The maximum Gasteiger partial charge on any atom is 0.232 e. The highest BCUT2D eigenvalue weighted by atomic mass is 16.5. The van der Waals surface area contributed by atoms with Gasteiger partial charge < -0.3 is 10.1 Å². The Morgan fingerprint density at radius 1 is 0.794 bits per heavy atom. The Morgan fingerprint density at radius 2 is 1.38 bits per heavy atom. The lowest BCUT2D eigenvalue weighted by Gasteiger charge is -2.35. The average molecular weight is 448 g/mol. The minimum atomic E-state index is -0.368. The number of carbonyl (C=O) groups is 1. The number of hydrogen-bond donors (Lipinski definition) is 1. The van der Waals surface area contributed by atoms with Crippen LogP contribution in [0.5, 0.6) is 5.75 Å². The van der Waals surface area contributed by atoms with Gasteiger partial charge in [-0.1, -0.05) is 97.1 Å². The van der Waals surface area contributed by atoms with Crippen LogP contribution in [0.15, 0.2) is 109 Å². The molecule has 1 aliphatic rings. The molecular formula is C31H29NO2. The van der Waals surface area contributed by atoms with Gasteiger partial charge in [-0.05, 0) is 52.8 Å². The molecule has 1 N–H and O–H groups in total. The van der Waals surface area contributed by atoms with Crippen LogP contribution in [0.1, 0.15) is 52.1 Å². The highest BCUT2D eigenvalue weighted by Gasteiger charge is 2.34. The van der Waals surface area contributed by atoms with Crippen LogP contribution in [-0.4, -0.2) is 13.0 Å². The van der Waals surface area contributed by atoms with Gasteiger partial charge in [0.25, 0.3) is 0 Å². The van der Waals surface area contributed by atoms with E-state index >= 15 is 0 Å². The molecule has 3 nitrogen and oxygen atoms in total. The molecule has 1 aliphatic carbocycles. The molecule has 34 heavy (non-hydrogen) atoms. The van der Waals surface area contributed by atoms with Gasteiger partial charge >= 0.3 is 0 Å². The third-order valence-electron chi connectivity index (χ3n) is 6.89. The van der Waals surface area contributed by atoms with Gasteiger partial charge in [-0.15, -0.1) is 0 Å². The van der Waals surface area contributed by atoms with Gasteiger partial charge in [0, 0.05) is 5.92 Å². The Bertz CT molecular complexity index is 1200. The number of benzene rings is 4. The first-order chi connectivity index (χ1) is 16.7. The van der Waals surface area contributed by atoms with Crippen molar-refractivity contribution >= 4 is 5.91 Å². The maximum atomic E-state index is 14.0. The molecule has 170 valence electrons. The maximum absolute atomic E-state index is 14.0. The van der Waals surface area contributed by atoms with Crippen molar-refractivity contribution in [3.8, 4) is 5.75 Å². The Labute approximate surface area is 201 Å². The highest BCUT2D eigenvalue weighted by Crippen LogP contribution is 2.42. The SMILES string of the molecule is COc1ccc([C@@H]2CCc3ccccc3[C@@H]2NC(=O)C(c2ccccc2)c2ccccc2)cc1. The number of hydrogen-bond acceptors (Lipinski definition) is 2. The van der Waals surface area contributed by atoms with Crippen molar-refractivity contribution in [2.45, 2.75) is 30.7 Å². The van der Waals surface area contributed by atoms with Crippen LogP contribution < -0.4 is 10.1 Å². The summed E-state index contributed by atoms with van der Waals surface area (Å²) in [7, 11) is 1.68. The van der Waals surface area contributed by atoms with E-state index in [1.54, 1.807) is 7.11 Å². The van der Waals surface area contributed by atoms with Gasteiger partial charge in [0.2, 0.25) is 5.91 Å². The first kappa shape index (κ1) is 22.0. The smallest absolute Gasteiger partial charge is 0.232 e. The summed E-state index contributed by atoms with van der Waals surface area (Å²) in [5.74, 6) is 0.691. The second-order valence-corrected chi connectivity index (χ2v) is 8.86. The van der Waals surface area contributed by atoms with Crippen LogP contribution in [0.25, 0.3) is 0 Å². The summed E-state index contributed by atoms with van der Waals surface area (Å²) >= 11 is 0. The molecule has 4 aromatic carbocycles. The van der Waals surface area contributed by atoms with Gasteiger partial charge in [0.05, 0.1) is 19.1 Å². The lowest BCUT2D eigenvalue weighted by molar-refractivity contribution is -0.122. The zero-order valence-electron chi connectivity index (χ0n) is 19.4. The zero-order chi connectivity index (χ0) is 23.3. The van der Waals surface area contributed by atoms with E-state index in [0.717, 1.165) is 29.7 Å². The summed E-state index contributed by atoms with van der Waals surface area (Å²) < 4.78 is 5.36. The fourth-order valence-electron chi connectivity index (χ4n) is 5.17. The molecule has 0 saturated heterocycles. The summed E-state index contributed by atoms with van der Waals surface area (Å²) in [6.45, 7) is 0. The summed E-state index contributed by atoms with van der Waals surface area (Å²) in [4.78, 5) is 14.0. The van der Waals surface area contributed by atoms with Gasteiger partial charge in [-0.25, -0.2) is 0 Å². The fourth-order valence-corrected chi connectivity index (χ4v) is 5.17. The highest BCUT2D eigenvalue weighted by molar-refractivity contribution is 5.87. The van der Waals surface area contributed by atoms with Crippen LogP contribution in [0.4, 0.5) is 0 Å². The average Bonchev–Trinajstić information content (AvgIpc) is 2.90. The molecular weight excluding hydrogens is 418 g/mol. The molecule has 0 aliphatic heterocycles. The van der Waals surface area contributed by atoms with E-state index < -0.39 is 0 Å². The summed E-state index contributed by atoms with van der Waals surface area (Å²) in [5.41, 5.74) is 5.74. The predicted octanol–water partition coefficient (Wildman–Crippen LogP) is 6.41. The topological polar surface area (TPSA) is 38.3 Å². The molecule has 4 aromatic rings. The van der Waals surface area contributed by atoms with Gasteiger partial charge in [-0.3, -0.25) is 4.79 Å². The number of aryl methyl sites for hydroxylation is 1. The quantitative estimate of drug-likeness (QED) is 0.371. The number of carbonyl (C=O) groups excluding carboxylic acids is 1. The van der Waals surface area contributed by atoms with E-state index in [2.05, 4.69) is 41.7 Å². The molecule has 0 fully saturated rings. The predicted molar refractivity (Wildman–Crippen MR) is 136 cm³/mol. The molecule has 0 unspecified atom stereocenters. The van der Waals surface area contributed by atoms with E-state index in [1.165, 1.54) is 16.7 Å². The standard InChI is InChI=1S/C31H29NO2/c1-34-26-19-16-23(17-20-26)28-21-18-22-10-8-9-15-27(22)30(28)32-31(33)29(24-11-4-2-5-12-24)25-13-6-3-7-14-25/h2-17,19-20,28-30H,18,21H2,1H3,(H,32,33)/t28-,30-/m0/s1. The first-order valence-corrected chi connectivity index (χ1v) is 11.9. The third kappa shape index (κ3) is 4.47. The number of ether oxygens (including phenoxy) is 1. The Hall–Kier alpha value is -3.85. The monoisotopic (exact) mass is 447 g/mol. The fraction of sp³-hybridized carbons (Fsp3) is 0.194. The van der Waals surface area contributed by atoms with Crippen molar-refractivity contribution in [2.75, 3.05) is 7.11 Å². The molecule has 0 saturated carbocycles. The molecule has 0 heterocycles. The van der Waals surface area contributed by atoms with Crippen molar-refractivity contribution in [3.05, 3.63) is 137 Å². The second kappa shape index (κ2) is 9.96. The lowest BCUT2D eigenvalue weighted by Crippen LogP contribution is -2.38. The first-order valence-electron chi connectivity index (χ1n) is 11.9. The van der Waals surface area contributed by atoms with Gasteiger partial charge in [0.1, 0.15) is 5.75 Å². The Kier molecular flexibility index (Phi) is 6.44. The second-order valence-electron chi connectivity index (χ2n) is 8.86. The van der Waals surface area contributed by atoms with E-state index in [1.807, 2.05) is 72.8 Å². The largest absolute Gasteiger partial charge is 0.497 e. The van der Waals surface area contributed by atoms with E-state index in [0.29, 0.717) is 0 Å². The van der Waals surface area contributed by atoms with Crippen molar-refractivity contribution in [1.29, 1.82) is 0 Å². The Balaban J connectivity index is 1.52. The molecule has 0 radical (unpaired) electrons. The number of rotatable bonds is 6. The molecule has 1 amide bonds. The number of methoxy groups -OCH3 is 1. The number of nitrogens with one attached hydrogen (secondary N) is 1. The molecule has 5 rings (SSSR count). The third-order valence-corrected chi connectivity index (χ3v) is 6.89. The van der Waals surface area contributed by atoms with Crippen molar-refractivity contribution in [1.82, 2.24) is 5.32 Å². The van der Waals surface area contributed by atoms with Crippen molar-refractivity contribution in [3.63, 3.8) is 0 Å². The van der Waals surface area contributed by atoms with Crippen molar-refractivity contribution in [2.24, 2.45) is 0 Å². The van der Waals surface area contributed by atoms with Crippen LogP contribution in [0.3, 0.4) is 0 Å². The minimum absolute atomic E-state index is 0.0256. The van der Waals surface area contributed by atoms with Crippen molar-refractivity contribution < 1.29 is 9.53 Å². The normalized spacial score (nSPS) is 17.1. The van der Waals surface area contributed by atoms with Crippen LogP contribution in [0.2, 0.25) is 0 Å².